The Bertz CT molecular complexity index is 622. The van der Waals surface area contributed by atoms with E-state index in [1.54, 1.807) is 6.08 Å². The largest absolute Gasteiger partial charge is 0.393 e. The van der Waals surface area contributed by atoms with Crippen LogP contribution in [-0.2, 0) is 4.79 Å². The summed E-state index contributed by atoms with van der Waals surface area (Å²) in [7, 11) is 0. The summed E-state index contributed by atoms with van der Waals surface area (Å²) in [6, 6.07) is 0. The number of aliphatic hydroxyl groups excluding tert-OH is 1. The zero-order valence-electron chi connectivity index (χ0n) is 15.5. The molecule has 1 atom stereocenters. The summed E-state index contributed by atoms with van der Waals surface area (Å²) in [5.41, 5.74) is 4.88. The maximum Gasteiger partial charge on any atom is 0.142 e. The van der Waals surface area contributed by atoms with Gasteiger partial charge in [0, 0.05) is 0 Å². The molecule has 1 aliphatic rings. The lowest BCUT2D eigenvalue weighted by atomic mass is 9.71. The molecule has 2 heteroatoms. The minimum Gasteiger partial charge on any atom is -0.393 e. The van der Waals surface area contributed by atoms with Crippen LogP contribution in [0.4, 0.5) is 0 Å². The van der Waals surface area contributed by atoms with Gasteiger partial charge in [-0.1, -0.05) is 73.1 Å². The van der Waals surface area contributed by atoms with Crippen molar-refractivity contribution in [3.8, 4) is 0 Å². The molecule has 1 aliphatic carbocycles. The highest BCUT2D eigenvalue weighted by Gasteiger charge is 2.31. The Morgan fingerprint density at radius 1 is 1.08 bits per heavy atom. The average molecular weight is 326 g/mol. The van der Waals surface area contributed by atoms with E-state index in [1.165, 1.54) is 22.8 Å². The van der Waals surface area contributed by atoms with E-state index in [-0.39, 0.29) is 11.5 Å². The van der Waals surface area contributed by atoms with Crippen LogP contribution in [0.25, 0.3) is 0 Å². The molecule has 0 radical (unpaired) electrons. The van der Waals surface area contributed by atoms with Crippen molar-refractivity contribution in [3.63, 3.8) is 0 Å². The van der Waals surface area contributed by atoms with Crippen molar-refractivity contribution >= 4 is 6.29 Å². The van der Waals surface area contributed by atoms with Crippen LogP contribution in [0, 0.1) is 5.41 Å². The Morgan fingerprint density at radius 2 is 1.71 bits per heavy atom. The fourth-order valence-corrected chi connectivity index (χ4v) is 3.11. The van der Waals surface area contributed by atoms with Gasteiger partial charge in [0.05, 0.1) is 6.10 Å². The Kier molecular flexibility index (Phi) is 7.87. The van der Waals surface area contributed by atoms with Gasteiger partial charge in [0.2, 0.25) is 0 Å². The standard InChI is InChI=1S/C22H30O2/c1-17(9-6-7-14-23)10-8-11-18(2)12-13-21-19(3)15-20(24)16-22(21,4)5/h6-14,20,24H,15-16H2,1-5H3/b7-6+,10-8+,13-12+,17-9-,18-11+/t20-/m1/s1. The molecule has 0 heterocycles. The van der Waals surface area contributed by atoms with Crippen molar-refractivity contribution in [1.82, 2.24) is 0 Å². The van der Waals surface area contributed by atoms with E-state index in [4.69, 9.17) is 0 Å². The van der Waals surface area contributed by atoms with Crippen LogP contribution in [0.2, 0.25) is 0 Å². The minimum atomic E-state index is -0.222. The van der Waals surface area contributed by atoms with Gasteiger partial charge in [0.15, 0.2) is 0 Å². The van der Waals surface area contributed by atoms with E-state index >= 15 is 0 Å². The van der Waals surface area contributed by atoms with Gasteiger partial charge in [0.25, 0.3) is 0 Å². The monoisotopic (exact) mass is 326 g/mol. The molecule has 0 amide bonds. The predicted molar refractivity (Wildman–Crippen MR) is 103 cm³/mol. The molecule has 24 heavy (non-hydrogen) atoms. The summed E-state index contributed by atoms with van der Waals surface area (Å²) in [5.74, 6) is 0. The molecule has 0 fully saturated rings. The van der Waals surface area contributed by atoms with Gasteiger partial charge in [-0.25, -0.2) is 0 Å². The smallest absolute Gasteiger partial charge is 0.142 e. The van der Waals surface area contributed by atoms with Gasteiger partial charge >= 0.3 is 0 Å². The van der Waals surface area contributed by atoms with Crippen molar-refractivity contribution in [2.24, 2.45) is 5.41 Å². The summed E-state index contributed by atoms with van der Waals surface area (Å²) in [4.78, 5) is 10.2. The maximum atomic E-state index is 10.2. The minimum absolute atomic E-state index is 0.0125. The van der Waals surface area contributed by atoms with E-state index in [0.29, 0.717) is 0 Å². The van der Waals surface area contributed by atoms with E-state index in [0.717, 1.165) is 24.7 Å². The molecule has 130 valence electrons. The van der Waals surface area contributed by atoms with Crippen LogP contribution in [0.1, 0.15) is 47.5 Å². The molecule has 1 rings (SSSR count). The number of rotatable bonds is 6. The second-order valence-corrected chi connectivity index (χ2v) is 7.17. The molecule has 1 N–H and O–H groups in total. The molecule has 0 unspecified atom stereocenters. The third-order valence-corrected chi connectivity index (χ3v) is 4.26. The molecule has 0 aromatic rings. The lowest BCUT2D eigenvalue weighted by molar-refractivity contribution is -0.104. The number of carbonyl (C=O) groups is 1. The van der Waals surface area contributed by atoms with Crippen molar-refractivity contribution in [2.75, 3.05) is 0 Å². The van der Waals surface area contributed by atoms with Crippen molar-refractivity contribution < 1.29 is 9.90 Å². The quantitative estimate of drug-likeness (QED) is 0.411. The first-order valence-corrected chi connectivity index (χ1v) is 8.46. The van der Waals surface area contributed by atoms with Gasteiger partial charge in [-0.05, 0) is 50.7 Å². The summed E-state index contributed by atoms with van der Waals surface area (Å²) in [6.07, 6.45) is 17.6. The predicted octanol–water partition coefficient (Wildman–Crippen LogP) is 5.24. The van der Waals surface area contributed by atoms with Crippen molar-refractivity contribution in [2.45, 2.75) is 53.6 Å². The number of allylic oxidation sites excluding steroid dienone is 11. The summed E-state index contributed by atoms with van der Waals surface area (Å²) >= 11 is 0. The van der Waals surface area contributed by atoms with E-state index in [2.05, 4.69) is 45.9 Å². The second-order valence-electron chi connectivity index (χ2n) is 7.17. The molecule has 2 nitrogen and oxygen atoms in total. The SMILES string of the molecule is CC1=C(/C=C/C(C)=C/C=C/C(C)=C\C=C\C=O)C(C)(C)C[C@H](O)C1. The third kappa shape index (κ3) is 6.67. The zero-order chi connectivity index (χ0) is 18.2. The maximum absolute atomic E-state index is 10.2. The Morgan fingerprint density at radius 3 is 2.33 bits per heavy atom. The molecule has 0 aromatic heterocycles. The Balaban J connectivity index is 2.79. The van der Waals surface area contributed by atoms with Crippen LogP contribution >= 0.6 is 0 Å². The molecule has 0 aliphatic heterocycles. The van der Waals surface area contributed by atoms with Crippen molar-refractivity contribution in [1.29, 1.82) is 0 Å². The molecule has 0 aromatic carbocycles. The summed E-state index contributed by atoms with van der Waals surface area (Å²) < 4.78 is 0. The normalized spacial score (nSPS) is 23.0. The van der Waals surface area contributed by atoms with Crippen molar-refractivity contribution in [3.05, 3.63) is 70.9 Å². The summed E-state index contributed by atoms with van der Waals surface area (Å²) in [6.45, 7) is 10.6. The number of hydrogen-bond acceptors (Lipinski definition) is 2. The highest BCUT2D eigenvalue weighted by Crippen LogP contribution is 2.40. The average Bonchev–Trinajstić information content (AvgIpc) is 2.45. The number of aldehydes is 1. The molecular weight excluding hydrogens is 296 g/mol. The molecule has 0 spiro atoms. The third-order valence-electron chi connectivity index (χ3n) is 4.26. The second kappa shape index (κ2) is 9.39. The lowest BCUT2D eigenvalue weighted by Crippen LogP contribution is -2.28. The van der Waals surface area contributed by atoms with Gasteiger partial charge in [-0.15, -0.1) is 0 Å². The molecule has 0 saturated carbocycles. The van der Waals surface area contributed by atoms with Crippen LogP contribution in [0.3, 0.4) is 0 Å². The van der Waals surface area contributed by atoms with Gasteiger partial charge in [-0.2, -0.15) is 0 Å². The fourth-order valence-electron chi connectivity index (χ4n) is 3.11. The van der Waals surface area contributed by atoms with Crippen LogP contribution in [0.5, 0.6) is 0 Å². The first-order valence-electron chi connectivity index (χ1n) is 8.46. The van der Waals surface area contributed by atoms with Crippen LogP contribution in [-0.4, -0.2) is 17.5 Å². The fraction of sp³-hybridized carbons (Fsp3) is 0.409. The zero-order valence-corrected chi connectivity index (χ0v) is 15.5. The van der Waals surface area contributed by atoms with E-state index in [1.807, 2.05) is 25.2 Å². The molecular formula is C22H30O2. The number of aliphatic hydroxyl groups is 1. The van der Waals surface area contributed by atoms with Gasteiger partial charge in [-0.3, -0.25) is 4.79 Å². The van der Waals surface area contributed by atoms with E-state index < -0.39 is 0 Å². The first-order chi connectivity index (χ1) is 11.3. The van der Waals surface area contributed by atoms with Gasteiger partial charge in [0.1, 0.15) is 6.29 Å². The van der Waals surface area contributed by atoms with E-state index in [9.17, 15) is 9.90 Å². The van der Waals surface area contributed by atoms with Crippen LogP contribution in [0.15, 0.2) is 70.9 Å². The Labute approximate surface area is 146 Å². The highest BCUT2D eigenvalue weighted by molar-refractivity contribution is 5.65. The van der Waals surface area contributed by atoms with Crippen LogP contribution < -0.4 is 0 Å². The number of hydrogen-bond donors (Lipinski definition) is 1. The molecule has 0 saturated heterocycles. The summed E-state index contributed by atoms with van der Waals surface area (Å²) in [5, 5.41) is 9.95. The lowest BCUT2D eigenvalue weighted by Gasteiger charge is -2.35. The van der Waals surface area contributed by atoms with Gasteiger partial charge < -0.3 is 5.11 Å². The Hall–Kier alpha value is -1.93. The first kappa shape index (κ1) is 20.1. The highest BCUT2D eigenvalue weighted by atomic mass is 16.3. The number of carbonyl (C=O) groups excluding carboxylic acids is 1. The molecule has 0 bridgehead atoms. The topological polar surface area (TPSA) is 37.3 Å².